The van der Waals surface area contributed by atoms with Gasteiger partial charge in [-0.3, -0.25) is 14.1 Å². The number of aliphatic hydroxyl groups excluding tert-OH is 3. The molecule has 0 aromatic rings. The van der Waals surface area contributed by atoms with Gasteiger partial charge in [0.1, 0.15) is 36.8 Å². The van der Waals surface area contributed by atoms with E-state index in [-0.39, 0.29) is 19.4 Å². The van der Waals surface area contributed by atoms with Gasteiger partial charge in [-0.05, 0) is 70.6 Å². The van der Waals surface area contributed by atoms with E-state index in [1.54, 1.807) is 0 Å². The van der Waals surface area contributed by atoms with Crippen LogP contribution in [0.1, 0.15) is 232 Å². The molecule has 1 aliphatic rings. The molecule has 1 fully saturated rings. The van der Waals surface area contributed by atoms with Crippen molar-refractivity contribution in [2.45, 2.75) is 269 Å². The SMILES string of the molecule is CCCCC/C=C/C/C=C/CCCCCCCCCC(=O)O[C@H](COC(=O)CCCCCCCCCCCCC/C=C/CCCCCCCC)CO[C@H]1O[C@H](CS(=O)(=O)O)[C@@H](O)C(O)C1O. The molecule has 0 amide bonds. The first kappa shape index (κ1) is 61.9. The highest BCUT2D eigenvalue weighted by molar-refractivity contribution is 7.85. The van der Waals surface area contributed by atoms with Crippen LogP contribution >= 0.6 is 0 Å². The molecule has 66 heavy (non-hydrogen) atoms. The molecule has 0 aromatic heterocycles. The van der Waals surface area contributed by atoms with Gasteiger partial charge in [-0.2, -0.15) is 8.42 Å². The molecule has 6 atom stereocenters. The molecule has 0 spiro atoms. The number of unbranched alkanes of at least 4 members (excludes halogenated alkanes) is 27. The zero-order valence-corrected chi connectivity index (χ0v) is 42.4. The standard InChI is InChI=1S/C53H96O12S/c1-3-5-7-9-11-13-15-17-19-21-22-23-24-26-27-29-31-33-35-37-39-41-48(54)62-43-46(44-63-53-52(58)51(57)50(56)47(65-53)45-66(59,60)61)64-49(55)42-40-38-36-34-32-30-28-25-20-18-16-14-12-10-8-6-4-2/h12,14,17-20,46-47,50-53,56-58H,3-11,13,15-16,21-45H2,1-2H3,(H,59,60,61)/b14-12+,19-17+,20-18+/t46-,47-,50-,51?,52?,53+/m1/s1. The normalized spacial score (nSPS) is 19.6. The predicted octanol–water partition coefficient (Wildman–Crippen LogP) is 12.1. The van der Waals surface area contributed by atoms with Crippen molar-refractivity contribution < 1.29 is 56.8 Å². The Morgan fingerprint density at radius 1 is 0.515 bits per heavy atom. The number of carbonyl (C=O) groups excluding carboxylic acids is 2. The third-order valence-electron chi connectivity index (χ3n) is 12.2. The Morgan fingerprint density at radius 3 is 1.38 bits per heavy atom. The highest BCUT2D eigenvalue weighted by Gasteiger charge is 2.46. The van der Waals surface area contributed by atoms with E-state index in [4.69, 9.17) is 18.9 Å². The predicted molar refractivity (Wildman–Crippen MR) is 266 cm³/mol. The number of rotatable bonds is 45. The fourth-order valence-corrected chi connectivity index (χ4v) is 8.75. The zero-order chi connectivity index (χ0) is 48.4. The maximum atomic E-state index is 12.9. The van der Waals surface area contributed by atoms with E-state index in [1.807, 2.05) is 0 Å². The van der Waals surface area contributed by atoms with Crippen molar-refractivity contribution in [2.24, 2.45) is 0 Å². The molecule has 1 rings (SSSR count). The van der Waals surface area contributed by atoms with Gasteiger partial charge in [0.2, 0.25) is 0 Å². The van der Waals surface area contributed by atoms with Gasteiger partial charge < -0.3 is 34.3 Å². The first-order chi connectivity index (χ1) is 32.0. The summed E-state index contributed by atoms with van der Waals surface area (Å²) in [7, 11) is -4.61. The summed E-state index contributed by atoms with van der Waals surface area (Å²) in [5.41, 5.74) is 0. The first-order valence-corrected chi connectivity index (χ1v) is 28.2. The van der Waals surface area contributed by atoms with Gasteiger partial charge in [-0.25, -0.2) is 0 Å². The molecule has 1 saturated heterocycles. The Morgan fingerprint density at radius 2 is 0.909 bits per heavy atom. The number of ether oxygens (including phenoxy) is 4. The van der Waals surface area contributed by atoms with Crippen molar-refractivity contribution in [1.82, 2.24) is 0 Å². The Hall–Kier alpha value is -2.13. The quantitative estimate of drug-likeness (QED) is 0.0196. The van der Waals surface area contributed by atoms with Crippen LogP contribution in [0.4, 0.5) is 0 Å². The van der Waals surface area contributed by atoms with Crippen LogP contribution in [0.3, 0.4) is 0 Å². The lowest BCUT2D eigenvalue weighted by Gasteiger charge is -2.40. The first-order valence-electron chi connectivity index (χ1n) is 26.5. The van der Waals surface area contributed by atoms with Crippen LogP contribution in [0.2, 0.25) is 0 Å². The van der Waals surface area contributed by atoms with Crippen molar-refractivity contribution in [1.29, 1.82) is 0 Å². The summed E-state index contributed by atoms with van der Waals surface area (Å²) in [5.74, 6) is -1.99. The Kier molecular flexibility index (Phi) is 40.3. The van der Waals surface area contributed by atoms with E-state index in [1.165, 1.54) is 135 Å². The minimum atomic E-state index is -4.61. The fraction of sp³-hybridized carbons (Fsp3) is 0.849. The van der Waals surface area contributed by atoms with Gasteiger partial charge in [0.05, 0.1) is 6.61 Å². The molecule has 0 aromatic carbocycles. The largest absolute Gasteiger partial charge is 0.462 e. The van der Waals surface area contributed by atoms with Gasteiger partial charge in [0, 0.05) is 12.8 Å². The van der Waals surface area contributed by atoms with Crippen molar-refractivity contribution in [3.05, 3.63) is 36.5 Å². The minimum absolute atomic E-state index is 0.156. The van der Waals surface area contributed by atoms with E-state index in [0.29, 0.717) is 12.8 Å². The van der Waals surface area contributed by atoms with E-state index < -0.39 is 71.2 Å². The number of esters is 2. The molecule has 13 heteroatoms. The lowest BCUT2D eigenvalue weighted by atomic mass is 10.00. The fourth-order valence-electron chi connectivity index (χ4n) is 8.06. The van der Waals surface area contributed by atoms with Crippen LogP contribution in [0.5, 0.6) is 0 Å². The Bertz CT molecular complexity index is 1350. The molecule has 4 N–H and O–H groups in total. The van der Waals surface area contributed by atoms with E-state index in [0.717, 1.165) is 57.8 Å². The van der Waals surface area contributed by atoms with E-state index in [9.17, 15) is 37.9 Å². The molecule has 386 valence electrons. The summed E-state index contributed by atoms with van der Waals surface area (Å²) in [6.07, 6.45) is 41.8. The van der Waals surface area contributed by atoms with Crippen LogP contribution in [0.15, 0.2) is 36.5 Å². The van der Waals surface area contributed by atoms with Crippen LogP contribution in [-0.4, -0.2) is 96.0 Å². The second-order valence-electron chi connectivity index (χ2n) is 18.5. The molecule has 1 aliphatic heterocycles. The second-order valence-corrected chi connectivity index (χ2v) is 20.0. The zero-order valence-electron chi connectivity index (χ0n) is 41.6. The number of allylic oxidation sites excluding steroid dienone is 6. The van der Waals surface area contributed by atoms with Crippen LogP contribution in [0, 0.1) is 0 Å². The molecular formula is C53H96O12S. The number of hydrogen-bond acceptors (Lipinski definition) is 11. The molecule has 0 aliphatic carbocycles. The molecule has 0 saturated carbocycles. The van der Waals surface area contributed by atoms with Crippen molar-refractivity contribution in [3.8, 4) is 0 Å². The molecule has 0 bridgehead atoms. The number of aliphatic hydroxyl groups is 3. The maximum Gasteiger partial charge on any atom is 0.306 e. The molecule has 0 radical (unpaired) electrons. The van der Waals surface area contributed by atoms with Crippen LogP contribution in [-0.2, 0) is 38.7 Å². The van der Waals surface area contributed by atoms with Gasteiger partial charge in [-0.1, -0.05) is 185 Å². The van der Waals surface area contributed by atoms with Gasteiger partial charge in [0.25, 0.3) is 10.1 Å². The summed E-state index contributed by atoms with van der Waals surface area (Å²) < 4.78 is 54.3. The maximum absolute atomic E-state index is 12.9. The molecule has 1 heterocycles. The third kappa shape index (κ3) is 36.9. The lowest BCUT2D eigenvalue weighted by molar-refractivity contribution is -0.297. The summed E-state index contributed by atoms with van der Waals surface area (Å²) >= 11 is 0. The van der Waals surface area contributed by atoms with Gasteiger partial charge in [-0.15, -0.1) is 0 Å². The minimum Gasteiger partial charge on any atom is -0.462 e. The molecule has 2 unspecified atom stereocenters. The number of hydrogen-bond donors (Lipinski definition) is 4. The van der Waals surface area contributed by atoms with Crippen LogP contribution < -0.4 is 0 Å². The summed E-state index contributed by atoms with van der Waals surface area (Å²) in [6.45, 7) is 3.76. The Balaban J connectivity index is 2.35. The highest BCUT2D eigenvalue weighted by Crippen LogP contribution is 2.24. The summed E-state index contributed by atoms with van der Waals surface area (Å²) in [5, 5.41) is 31.0. The van der Waals surface area contributed by atoms with E-state index in [2.05, 4.69) is 50.3 Å². The van der Waals surface area contributed by atoms with Crippen molar-refractivity contribution >= 4 is 22.1 Å². The molecule has 12 nitrogen and oxygen atoms in total. The highest BCUT2D eigenvalue weighted by atomic mass is 32.2. The summed E-state index contributed by atoms with van der Waals surface area (Å²) in [4.78, 5) is 25.5. The van der Waals surface area contributed by atoms with Gasteiger partial charge >= 0.3 is 11.9 Å². The second kappa shape index (κ2) is 42.9. The Labute approximate surface area is 401 Å². The monoisotopic (exact) mass is 957 g/mol. The summed E-state index contributed by atoms with van der Waals surface area (Å²) in [6, 6.07) is 0. The number of carbonyl (C=O) groups is 2. The smallest absolute Gasteiger partial charge is 0.306 e. The third-order valence-corrected chi connectivity index (χ3v) is 12.9. The lowest BCUT2D eigenvalue weighted by Crippen LogP contribution is -2.60. The van der Waals surface area contributed by atoms with Gasteiger partial charge in [0.15, 0.2) is 12.4 Å². The topological polar surface area (TPSA) is 186 Å². The average molecular weight is 957 g/mol. The van der Waals surface area contributed by atoms with E-state index >= 15 is 0 Å². The average Bonchev–Trinajstić information content (AvgIpc) is 3.28. The molecular weight excluding hydrogens is 861 g/mol. The van der Waals surface area contributed by atoms with Crippen LogP contribution in [0.25, 0.3) is 0 Å². The van der Waals surface area contributed by atoms with Crippen molar-refractivity contribution in [2.75, 3.05) is 19.0 Å². The van der Waals surface area contributed by atoms with Crippen molar-refractivity contribution in [3.63, 3.8) is 0 Å².